The van der Waals surface area contributed by atoms with E-state index in [0.29, 0.717) is 22.7 Å². The molecule has 0 bridgehead atoms. The van der Waals surface area contributed by atoms with Crippen molar-refractivity contribution in [1.29, 1.82) is 0 Å². The van der Waals surface area contributed by atoms with Crippen molar-refractivity contribution in [3.8, 4) is 5.75 Å². The molecule has 0 radical (unpaired) electrons. The van der Waals surface area contributed by atoms with Gasteiger partial charge in [-0.05, 0) is 42.5 Å². The number of aromatic hydroxyl groups is 1. The highest BCUT2D eigenvalue weighted by atomic mass is 19.1. The fourth-order valence-electron chi connectivity index (χ4n) is 3.40. The van der Waals surface area contributed by atoms with Crippen LogP contribution in [0.1, 0.15) is 34.3 Å². The van der Waals surface area contributed by atoms with Crippen molar-refractivity contribution in [3.05, 3.63) is 65.0 Å². The number of carbonyl (C=O) groups is 2. The minimum Gasteiger partial charge on any atom is -0.505 e. The quantitative estimate of drug-likeness (QED) is 0.876. The third-order valence-corrected chi connectivity index (χ3v) is 4.93. The normalized spacial score (nSPS) is 18.5. The fraction of sp³-hybridized carbons (Fsp3) is 0.238. The third kappa shape index (κ3) is 3.12. The average molecular weight is 351 g/mol. The number of nitrogens with one attached hydrogen (secondary N) is 1. The zero-order valence-electron chi connectivity index (χ0n) is 14.0. The van der Waals surface area contributed by atoms with Crippen LogP contribution in [-0.2, 0) is 11.2 Å². The number of hydrogen-bond donors (Lipinski definition) is 2. The average Bonchev–Trinajstić information content (AvgIpc) is 3.44. The van der Waals surface area contributed by atoms with Gasteiger partial charge in [0.25, 0.3) is 0 Å². The monoisotopic (exact) mass is 351 g/mol. The van der Waals surface area contributed by atoms with Crippen LogP contribution in [0.3, 0.4) is 0 Å². The molecule has 2 aliphatic rings. The van der Waals surface area contributed by atoms with E-state index in [0.717, 1.165) is 24.5 Å². The van der Waals surface area contributed by atoms with Crippen LogP contribution >= 0.6 is 0 Å². The lowest BCUT2D eigenvalue weighted by molar-refractivity contribution is -0.115. The maximum absolute atomic E-state index is 13.4. The van der Waals surface area contributed by atoms with Gasteiger partial charge in [0.1, 0.15) is 0 Å². The zero-order valence-corrected chi connectivity index (χ0v) is 14.0. The molecule has 0 aromatic heterocycles. The number of hydrogen-bond acceptors (Lipinski definition) is 3. The molecule has 26 heavy (non-hydrogen) atoms. The molecule has 5 heteroatoms. The highest BCUT2D eigenvalue weighted by Crippen LogP contribution is 2.42. The summed E-state index contributed by atoms with van der Waals surface area (Å²) in [5.41, 5.74) is 2.39. The molecule has 0 aliphatic heterocycles. The Hall–Kier alpha value is -2.95. The molecule has 4 nitrogen and oxygen atoms in total. The van der Waals surface area contributed by atoms with Crippen LogP contribution in [0.25, 0.3) is 6.08 Å². The number of rotatable bonds is 4. The molecule has 1 saturated carbocycles. The molecule has 1 fully saturated rings. The molecule has 1 atom stereocenters. The Morgan fingerprint density at radius 1 is 1.23 bits per heavy atom. The summed E-state index contributed by atoms with van der Waals surface area (Å²) >= 11 is 0. The molecule has 2 aromatic rings. The maximum Gasteiger partial charge on any atom is 0.228 e. The Balaban J connectivity index is 1.53. The van der Waals surface area contributed by atoms with Crippen molar-refractivity contribution in [2.24, 2.45) is 11.8 Å². The van der Waals surface area contributed by atoms with Gasteiger partial charge in [0.15, 0.2) is 17.3 Å². The van der Waals surface area contributed by atoms with Gasteiger partial charge in [-0.2, -0.15) is 0 Å². The molecule has 4 rings (SSSR count). The van der Waals surface area contributed by atoms with Gasteiger partial charge < -0.3 is 10.4 Å². The van der Waals surface area contributed by atoms with Gasteiger partial charge >= 0.3 is 0 Å². The van der Waals surface area contributed by atoms with Gasteiger partial charge in [-0.1, -0.05) is 30.4 Å². The first-order valence-corrected chi connectivity index (χ1v) is 8.65. The van der Waals surface area contributed by atoms with Crippen LogP contribution in [-0.4, -0.2) is 16.8 Å². The second-order valence-electron chi connectivity index (χ2n) is 6.86. The molecular formula is C21H18FNO3. The highest BCUT2D eigenvalue weighted by molar-refractivity contribution is 6.08. The van der Waals surface area contributed by atoms with Gasteiger partial charge in [-0.3, -0.25) is 9.59 Å². The predicted molar refractivity (Wildman–Crippen MR) is 96.4 cm³/mol. The first-order valence-electron chi connectivity index (χ1n) is 8.65. The molecule has 0 heterocycles. The van der Waals surface area contributed by atoms with E-state index in [1.54, 1.807) is 18.2 Å². The van der Waals surface area contributed by atoms with Gasteiger partial charge in [-0.25, -0.2) is 4.39 Å². The predicted octanol–water partition coefficient (Wildman–Crippen LogP) is 3.95. The van der Waals surface area contributed by atoms with Crippen molar-refractivity contribution in [1.82, 2.24) is 0 Å². The van der Waals surface area contributed by atoms with Crippen molar-refractivity contribution >= 4 is 23.5 Å². The van der Waals surface area contributed by atoms with Gasteiger partial charge in [-0.15, -0.1) is 0 Å². The minimum atomic E-state index is -0.757. The van der Waals surface area contributed by atoms with E-state index < -0.39 is 11.6 Å². The number of ketones is 1. The molecule has 1 amide bonds. The van der Waals surface area contributed by atoms with Gasteiger partial charge in [0.2, 0.25) is 5.91 Å². The second-order valence-corrected chi connectivity index (χ2v) is 6.86. The Morgan fingerprint density at radius 3 is 2.77 bits per heavy atom. The molecule has 132 valence electrons. The Kier molecular flexibility index (Phi) is 4.07. The van der Waals surface area contributed by atoms with E-state index >= 15 is 0 Å². The summed E-state index contributed by atoms with van der Waals surface area (Å²) < 4.78 is 13.4. The lowest BCUT2D eigenvalue weighted by Gasteiger charge is -2.20. The summed E-state index contributed by atoms with van der Waals surface area (Å²) in [6.07, 6.45) is 6.01. The Bertz CT molecular complexity index is 931. The number of halogens is 1. The summed E-state index contributed by atoms with van der Waals surface area (Å²) in [5.74, 6) is -0.995. The second kappa shape index (κ2) is 6.41. The van der Waals surface area contributed by atoms with E-state index in [1.165, 1.54) is 12.1 Å². The Morgan fingerprint density at radius 2 is 2.04 bits per heavy atom. The van der Waals surface area contributed by atoms with E-state index in [1.807, 2.05) is 12.2 Å². The van der Waals surface area contributed by atoms with Gasteiger partial charge in [0, 0.05) is 22.7 Å². The third-order valence-electron chi connectivity index (χ3n) is 4.93. The van der Waals surface area contributed by atoms with E-state index in [4.69, 9.17) is 0 Å². The summed E-state index contributed by atoms with van der Waals surface area (Å²) in [6.45, 7) is 0. The van der Waals surface area contributed by atoms with Crippen molar-refractivity contribution in [2.45, 2.75) is 19.3 Å². The SMILES string of the molecule is O=C(Cc1ccc(O)c(F)c1)Nc1cccc2c1C=CC(C1CC1)C2=O. The van der Waals surface area contributed by atoms with Crippen molar-refractivity contribution < 1.29 is 19.1 Å². The topological polar surface area (TPSA) is 66.4 Å². The van der Waals surface area contributed by atoms with Crippen molar-refractivity contribution in [2.75, 3.05) is 5.32 Å². The standard InChI is InChI=1S/C21H18FNO3/c22-17-10-12(4-9-19(17)24)11-20(25)23-18-3-1-2-16-15(18)8-7-14(21(16)26)13-5-6-13/h1-4,7-10,13-14,24H,5-6,11H2,(H,23,25). The number of anilines is 1. The van der Waals surface area contributed by atoms with E-state index in [2.05, 4.69) is 5.32 Å². The summed E-state index contributed by atoms with van der Waals surface area (Å²) in [4.78, 5) is 25.0. The first kappa shape index (κ1) is 16.5. The Labute approximate surface area is 150 Å². The van der Waals surface area contributed by atoms with Crippen LogP contribution < -0.4 is 5.32 Å². The number of amides is 1. The molecule has 1 unspecified atom stereocenters. The van der Waals surface area contributed by atoms with E-state index in [9.17, 15) is 19.1 Å². The van der Waals surface area contributed by atoms with E-state index in [-0.39, 0.29) is 24.0 Å². The number of carbonyl (C=O) groups excluding carboxylic acids is 2. The summed E-state index contributed by atoms with van der Waals surface area (Å²) in [5, 5.41) is 12.0. The first-order chi connectivity index (χ1) is 12.5. The fourth-order valence-corrected chi connectivity index (χ4v) is 3.40. The summed E-state index contributed by atoms with van der Waals surface area (Å²) in [7, 11) is 0. The lowest BCUT2D eigenvalue weighted by atomic mass is 9.85. The molecular weight excluding hydrogens is 333 g/mol. The lowest BCUT2D eigenvalue weighted by Crippen LogP contribution is -2.21. The molecule has 2 aliphatic carbocycles. The van der Waals surface area contributed by atoms with Crippen LogP contribution in [0.4, 0.5) is 10.1 Å². The number of benzene rings is 2. The largest absolute Gasteiger partial charge is 0.505 e. The number of allylic oxidation sites excluding steroid dienone is 1. The highest BCUT2D eigenvalue weighted by Gasteiger charge is 2.37. The van der Waals surface area contributed by atoms with Crippen LogP contribution in [0.15, 0.2) is 42.5 Å². The number of phenolic OH excluding ortho intramolecular Hbond substituents is 1. The molecule has 2 N–H and O–H groups in total. The molecule has 0 spiro atoms. The van der Waals surface area contributed by atoms with Crippen molar-refractivity contribution in [3.63, 3.8) is 0 Å². The number of phenols is 1. The minimum absolute atomic E-state index is 0.0246. The van der Waals surface area contributed by atoms with Crippen LogP contribution in [0.2, 0.25) is 0 Å². The smallest absolute Gasteiger partial charge is 0.228 e. The number of fused-ring (bicyclic) bond motifs is 1. The maximum atomic E-state index is 13.4. The molecule has 0 saturated heterocycles. The number of Topliss-reactive ketones (excluding diaryl/α,β-unsaturated/α-hetero) is 1. The van der Waals surface area contributed by atoms with Crippen LogP contribution in [0.5, 0.6) is 5.75 Å². The summed E-state index contributed by atoms with van der Waals surface area (Å²) in [6, 6.07) is 9.17. The zero-order chi connectivity index (χ0) is 18.3. The molecule has 2 aromatic carbocycles. The van der Waals surface area contributed by atoms with Crippen LogP contribution in [0, 0.1) is 17.7 Å². The van der Waals surface area contributed by atoms with Gasteiger partial charge in [0.05, 0.1) is 6.42 Å².